The lowest BCUT2D eigenvalue weighted by atomic mass is 9.84. The molecule has 0 N–H and O–H groups in total. The summed E-state index contributed by atoms with van der Waals surface area (Å²) in [5.41, 5.74) is 0.526. The fraction of sp³-hybridized carbons (Fsp3) is 0.750. The molecule has 1 heterocycles. The number of esters is 1. The first kappa shape index (κ1) is 22.6. The summed E-state index contributed by atoms with van der Waals surface area (Å²) in [6.07, 6.45) is 2.51. The van der Waals surface area contributed by atoms with Gasteiger partial charge < -0.3 is 9.64 Å². The Balaban J connectivity index is 2.78. The highest BCUT2D eigenvalue weighted by Crippen LogP contribution is 2.27. The summed E-state index contributed by atoms with van der Waals surface area (Å²) in [6, 6.07) is 0. The zero-order valence-electron chi connectivity index (χ0n) is 17.3. The molecule has 1 atom stereocenters. The number of nitrogens with zero attached hydrogens (tertiary/aromatic N) is 2. The van der Waals surface area contributed by atoms with Crippen LogP contribution in [0.15, 0.2) is 5.38 Å². The first-order valence-electron chi connectivity index (χ1n) is 9.32. The van der Waals surface area contributed by atoms with Gasteiger partial charge in [0, 0.05) is 18.3 Å². The summed E-state index contributed by atoms with van der Waals surface area (Å²) < 4.78 is 4.70. The number of carbonyl (C=O) groups excluding carboxylic acids is 2. The Morgan fingerprint density at radius 1 is 1.27 bits per heavy atom. The third-order valence-electron chi connectivity index (χ3n) is 4.09. The maximum Gasteiger partial charge on any atom is 0.357 e. The molecule has 0 fully saturated rings. The van der Waals surface area contributed by atoms with E-state index in [1.807, 2.05) is 4.90 Å². The van der Waals surface area contributed by atoms with Gasteiger partial charge in [0.05, 0.1) is 13.7 Å². The first-order chi connectivity index (χ1) is 12.0. The normalized spacial score (nSPS) is 12.9. The molecule has 0 saturated carbocycles. The van der Waals surface area contributed by atoms with Crippen LogP contribution in [0.5, 0.6) is 0 Å². The molecular formula is C20H34N2O3S. The van der Waals surface area contributed by atoms with E-state index in [0.29, 0.717) is 37.0 Å². The molecule has 5 nitrogen and oxygen atoms in total. The molecule has 0 radical (unpaired) electrons. The predicted molar refractivity (Wildman–Crippen MR) is 106 cm³/mol. The molecule has 0 aliphatic carbocycles. The zero-order chi connectivity index (χ0) is 19.9. The molecule has 0 saturated heterocycles. The number of thiazole rings is 1. The lowest BCUT2D eigenvalue weighted by molar-refractivity contribution is -0.133. The van der Waals surface area contributed by atoms with Gasteiger partial charge in [-0.2, -0.15) is 0 Å². The second-order valence-corrected chi connectivity index (χ2v) is 9.63. The van der Waals surface area contributed by atoms with E-state index in [4.69, 9.17) is 4.74 Å². The second kappa shape index (κ2) is 10.0. The van der Waals surface area contributed by atoms with E-state index in [1.165, 1.54) is 18.4 Å². The van der Waals surface area contributed by atoms with Crippen molar-refractivity contribution in [3.05, 3.63) is 16.1 Å². The molecule has 0 aliphatic rings. The maximum absolute atomic E-state index is 12.9. The highest BCUT2D eigenvalue weighted by molar-refractivity contribution is 7.09. The summed E-state index contributed by atoms with van der Waals surface area (Å²) in [7, 11) is 1.34. The van der Waals surface area contributed by atoms with Gasteiger partial charge in [0.1, 0.15) is 5.01 Å². The van der Waals surface area contributed by atoms with Crippen molar-refractivity contribution in [1.29, 1.82) is 0 Å². The monoisotopic (exact) mass is 382 g/mol. The van der Waals surface area contributed by atoms with E-state index in [2.05, 4.69) is 46.5 Å². The Bertz CT molecular complexity index is 590. The van der Waals surface area contributed by atoms with Gasteiger partial charge in [0.25, 0.3) is 0 Å². The highest BCUT2D eigenvalue weighted by atomic mass is 32.1. The van der Waals surface area contributed by atoms with Gasteiger partial charge in [-0.1, -0.05) is 41.5 Å². The van der Waals surface area contributed by atoms with Gasteiger partial charge in [0.15, 0.2) is 5.69 Å². The van der Waals surface area contributed by atoms with E-state index in [9.17, 15) is 9.59 Å². The first-order valence-corrected chi connectivity index (χ1v) is 10.2. The summed E-state index contributed by atoms with van der Waals surface area (Å²) in [6.45, 7) is 14.2. The van der Waals surface area contributed by atoms with Crippen LogP contribution in [-0.2, 0) is 16.1 Å². The van der Waals surface area contributed by atoms with E-state index in [1.54, 1.807) is 5.38 Å². The van der Waals surface area contributed by atoms with E-state index >= 15 is 0 Å². The molecule has 26 heavy (non-hydrogen) atoms. The molecule has 1 aromatic heterocycles. The summed E-state index contributed by atoms with van der Waals surface area (Å²) in [4.78, 5) is 30.7. The number of hydrogen-bond donors (Lipinski definition) is 0. The Morgan fingerprint density at radius 2 is 1.92 bits per heavy atom. The SMILES string of the molecule is COC(=O)c1csc(CN(CCC(C)C)C(=O)CC(C)CC(C)(C)C)n1. The van der Waals surface area contributed by atoms with E-state index in [0.717, 1.165) is 17.8 Å². The molecule has 0 aliphatic heterocycles. The van der Waals surface area contributed by atoms with Crippen LogP contribution in [0.2, 0.25) is 0 Å². The van der Waals surface area contributed by atoms with Crippen LogP contribution >= 0.6 is 11.3 Å². The van der Waals surface area contributed by atoms with Crippen LogP contribution in [0.25, 0.3) is 0 Å². The molecule has 0 bridgehead atoms. The quantitative estimate of drug-likeness (QED) is 0.577. The van der Waals surface area contributed by atoms with Gasteiger partial charge >= 0.3 is 5.97 Å². The zero-order valence-corrected chi connectivity index (χ0v) is 18.1. The van der Waals surface area contributed by atoms with Crippen LogP contribution in [0.3, 0.4) is 0 Å². The number of carbonyl (C=O) groups is 2. The third kappa shape index (κ3) is 8.30. The molecule has 1 rings (SSSR count). The Morgan fingerprint density at radius 3 is 2.46 bits per heavy atom. The van der Waals surface area contributed by atoms with Gasteiger partial charge in [0.2, 0.25) is 5.91 Å². The highest BCUT2D eigenvalue weighted by Gasteiger charge is 2.22. The molecular weight excluding hydrogens is 348 g/mol. The average molecular weight is 383 g/mol. The standard InChI is InChI=1S/C20H34N2O3S/c1-14(2)8-9-22(18(23)10-15(3)11-20(4,5)6)12-17-21-16(13-26-17)19(24)25-7/h13-15H,8-12H2,1-7H3. The lowest BCUT2D eigenvalue weighted by Gasteiger charge is -2.27. The van der Waals surface area contributed by atoms with Crippen molar-refractivity contribution < 1.29 is 14.3 Å². The lowest BCUT2D eigenvalue weighted by Crippen LogP contribution is -2.33. The van der Waals surface area contributed by atoms with E-state index in [-0.39, 0.29) is 11.3 Å². The second-order valence-electron chi connectivity index (χ2n) is 8.69. The Labute approximate surface area is 162 Å². The van der Waals surface area contributed by atoms with Crippen molar-refractivity contribution in [3.63, 3.8) is 0 Å². The summed E-state index contributed by atoms with van der Waals surface area (Å²) in [5.74, 6) is 0.591. The van der Waals surface area contributed by atoms with Crippen molar-refractivity contribution in [1.82, 2.24) is 9.88 Å². The van der Waals surface area contributed by atoms with Crippen LogP contribution in [0, 0.1) is 17.3 Å². The summed E-state index contributed by atoms with van der Waals surface area (Å²) >= 11 is 1.40. The van der Waals surface area contributed by atoms with Gasteiger partial charge in [-0.05, 0) is 30.1 Å². The number of amides is 1. The predicted octanol–water partition coefficient (Wildman–Crippen LogP) is 4.77. The van der Waals surface area contributed by atoms with Crippen molar-refractivity contribution in [2.45, 2.75) is 67.3 Å². The molecule has 1 unspecified atom stereocenters. The van der Waals surface area contributed by atoms with Gasteiger partial charge in [-0.15, -0.1) is 11.3 Å². The topological polar surface area (TPSA) is 59.5 Å². The van der Waals surface area contributed by atoms with Crippen molar-refractivity contribution in [2.24, 2.45) is 17.3 Å². The van der Waals surface area contributed by atoms with Crippen LogP contribution < -0.4 is 0 Å². The minimum absolute atomic E-state index is 0.164. The fourth-order valence-electron chi connectivity index (χ4n) is 3.00. The van der Waals surface area contributed by atoms with Crippen molar-refractivity contribution in [3.8, 4) is 0 Å². The van der Waals surface area contributed by atoms with Crippen LogP contribution in [0.4, 0.5) is 0 Å². The average Bonchev–Trinajstić information content (AvgIpc) is 2.96. The van der Waals surface area contributed by atoms with Gasteiger partial charge in [-0.3, -0.25) is 4.79 Å². The molecule has 1 aromatic rings. The van der Waals surface area contributed by atoms with Crippen molar-refractivity contribution in [2.75, 3.05) is 13.7 Å². The maximum atomic E-state index is 12.9. The Hall–Kier alpha value is -1.43. The number of hydrogen-bond acceptors (Lipinski definition) is 5. The minimum Gasteiger partial charge on any atom is -0.464 e. The Kier molecular flexibility index (Phi) is 8.74. The van der Waals surface area contributed by atoms with Gasteiger partial charge in [-0.25, -0.2) is 9.78 Å². The molecule has 6 heteroatoms. The van der Waals surface area contributed by atoms with E-state index < -0.39 is 5.97 Å². The smallest absolute Gasteiger partial charge is 0.357 e. The van der Waals surface area contributed by atoms with Crippen LogP contribution in [-0.4, -0.2) is 35.4 Å². The third-order valence-corrected chi connectivity index (χ3v) is 4.92. The number of methoxy groups -OCH3 is 1. The molecule has 0 aromatic carbocycles. The minimum atomic E-state index is -0.439. The largest absolute Gasteiger partial charge is 0.464 e. The summed E-state index contributed by atoms with van der Waals surface area (Å²) in [5, 5.41) is 2.46. The number of rotatable bonds is 9. The molecule has 0 spiro atoms. The van der Waals surface area contributed by atoms with Crippen molar-refractivity contribution >= 4 is 23.2 Å². The van der Waals surface area contributed by atoms with Crippen LogP contribution in [0.1, 0.15) is 76.3 Å². The molecule has 148 valence electrons. The number of aromatic nitrogens is 1. The molecule has 1 amide bonds. The number of ether oxygens (including phenoxy) is 1. The fourth-order valence-corrected chi connectivity index (χ4v) is 3.77.